The Kier molecular flexibility index (Phi) is 5.94. The van der Waals surface area contributed by atoms with Gasteiger partial charge in [-0.1, -0.05) is 53.0 Å². The van der Waals surface area contributed by atoms with Gasteiger partial charge in [-0.05, 0) is 37.1 Å². The fourth-order valence-electron chi connectivity index (χ4n) is 3.16. The summed E-state index contributed by atoms with van der Waals surface area (Å²) < 4.78 is 27.4. The number of rotatable bonds is 4. The van der Waals surface area contributed by atoms with E-state index in [0.29, 0.717) is 36.8 Å². The Hall–Kier alpha value is -1.11. The van der Waals surface area contributed by atoms with Gasteiger partial charge in [0.05, 0.1) is 5.02 Å². The first kappa shape index (κ1) is 19.6. The number of nitrogens with zero attached hydrogens (tertiary/aromatic N) is 2. The number of sulfonamides is 1. The maximum absolute atomic E-state index is 13.0. The predicted octanol–water partition coefficient (Wildman–Crippen LogP) is 4.12. The van der Waals surface area contributed by atoms with E-state index in [1.165, 1.54) is 21.5 Å². The molecule has 1 aliphatic heterocycles. The maximum atomic E-state index is 13.0. The Bertz CT molecular complexity index is 908. The van der Waals surface area contributed by atoms with Crippen LogP contribution in [0.2, 0.25) is 10.0 Å². The van der Waals surface area contributed by atoms with Crippen molar-refractivity contribution in [2.75, 3.05) is 26.2 Å². The standard InChI is InChI=1S/C19H22Cl2N2O2S/c1-14-4-3-5-16(10-14)13-22-6-8-23(9-7-22)26(24,25)19-11-15(2)17(20)12-18(19)21/h3-5,10-12H,6-9,13H2,1-2H3. The summed E-state index contributed by atoms with van der Waals surface area (Å²) in [6.45, 7) is 6.97. The van der Waals surface area contributed by atoms with Crippen molar-refractivity contribution in [3.63, 3.8) is 0 Å². The summed E-state index contributed by atoms with van der Waals surface area (Å²) in [4.78, 5) is 2.41. The molecule has 0 spiro atoms. The van der Waals surface area contributed by atoms with Crippen LogP contribution in [0.1, 0.15) is 16.7 Å². The van der Waals surface area contributed by atoms with Crippen LogP contribution in [-0.4, -0.2) is 43.8 Å². The van der Waals surface area contributed by atoms with Crippen LogP contribution in [0.25, 0.3) is 0 Å². The highest BCUT2D eigenvalue weighted by Crippen LogP contribution is 2.30. The van der Waals surface area contributed by atoms with Gasteiger partial charge in [-0.3, -0.25) is 4.90 Å². The van der Waals surface area contributed by atoms with Crippen LogP contribution in [-0.2, 0) is 16.6 Å². The lowest BCUT2D eigenvalue weighted by molar-refractivity contribution is 0.181. The fourth-order valence-corrected chi connectivity index (χ4v) is 5.39. The van der Waals surface area contributed by atoms with Crippen LogP contribution >= 0.6 is 23.2 Å². The Balaban J connectivity index is 1.70. The highest BCUT2D eigenvalue weighted by atomic mass is 35.5. The van der Waals surface area contributed by atoms with E-state index >= 15 is 0 Å². The van der Waals surface area contributed by atoms with E-state index in [1.54, 1.807) is 13.0 Å². The van der Waals surface area contributed by atoms with Crippen LogP contribution < -0.4 is 0 Å². The van der Waals surface area contributed by atoms with Crippen molar-refractivity contribution in [1.82, 2.24) is 9.21 Å². The molecule has 0 aliphatic carbocycles. The topological polar surface area (TPSA) is 40.6 Å². The lowest BCUT2D eigenvalue weighted by Gasteiger charge is -2.34. The lowest BCUT2D eigenvalue weighted by Crippen LogP contribution is -2.48. The summed E-state index contributed by atoms with van der Waals surface area (Å²) in [5.41, 5.74) is 3.18. The monoisotopic (exact) mass is 412 g/mol. The molecular weight excluding hydrogens is 391 g/mol. The first-order valence-electron chi connectivity index (χ1n) is 8.51. The number of hydrogen-bond donors (Lipinski definition) is 0. The van der Waals surface area contributed by atoms with Gasteiger partial charge in [0, 0.05) is 37.7 Å². The second kappa shape index (κ2) is 7.87. The van der Waals surface area contributed by atoms with Crippen LogP contribution in [0.5, 0.6) is 0 Å². The number of benzene rings is 2. The molecule has 7 heteroatoms. The first-order chi connectivity index (χ1) is 12.3. The van der Waals surface area contributed by atoms with Gasteiger partial charge in [0.2, 0.25) is 10.0 Å². The molecular formula is C19H22Cl2N2O2S. The van der Waals surface area contributed by atoms with Crippen LogP contribution in [0.3, 0.4) is 0 Å². The molecule has 0 amide bonds. The van der Waals surface area contributed by atoms with Gasteiger partial charge >= 0.3 is 0 Å². The van der Waals surface area contributed by atoms with E-state index in [4.69, 9.17) is 23.2 Å². The van der Waals surface area contributed by atoms with E-state index in [2.05, 4.69) is 36.1 Å². The lowest BCUT2D eigenvalue weighted by atomic mass is 10.1. The van der Waals surface area contributed by atoms with Gasteiger partial charge in [0.1, 0.15) is 4.90 Å². The van der Waals surface area contributed by atoms with Crippen molar-refractivity contribution < 1.29 is 8.42 Å². The van der Waals surface area contributed by atoms with Gasteiger partial charge in [0.25, 0.3) is 0 Å². The molecule has 0 N–H and O–H groups in total. The third kappa shape index (κ3) is 4.24. The maximum Gasteiger partial charge on any atom is 0.244 e. The second-order valence-corrected chi connectivity index (χ2v) is 9.42. The van der Waals surface area contributed by atoms with Crippen LogP contribution in [0, 0.1) is 13.8 Å². The smallest absolute Gasteiger partial charge is 0.244 e. The molecule has 2 aromatic carbocycles. The normalized spacial score (nSPS) is 16.8. The Morgan fingerprint density at radius 2 is 1.65 bits per heavy atom. The average Bonchev–Trinajstić information content (AvgIpc) is 2.58. The molecule has 0 unspecified atom stereocenters. The molecule has 26 heavy (non-hydrogen) atoms. The van der Waals surface area contributed by atoms with E-state index in [0.717, 1.165) is 6.54 Å². The number of halogens is 2. The molecule has 140 valence electrons. The molecule has 4 nitrogen and oxygen atoms in total. The zero-order valence-electron chi connectivity index (χ0n) is 14.9. The van der Waals surface area contributed by atoms with E-state index in [-0.39, 0.29) is 9.92 Å². The quantitative estimate of drug-likeness (QED) is 0.757. The molecule has 0 bridgehead atoms. The Morgan fingerprint density at radius 1 is 0.962 bits per heavy atom. The largest absolute Gasteiger partial charge is 0.296 e. The van der Waals surface area contributed by atoms with E-state index in [9.17, 15) is 8.42 Å². The van der Waals surface area contributed by atoms with Crippen molar-refractivity contribution in [2.24, 2.45) is 0 Å². The average molecular weight is 413 g/mol. The minimum absolute atomic E-state index is 0.133. The van der Waals surface area contributed by atoms with Crippen molar-refractivity contribution >= 4 is 33.2 Å². The van der Waals surface area contributed by atoms with Gasteiger partial charge in [0.15, 0.2) is 0 Å². The van der Waals surface area contributed by atoms with Crippen molar-refractivity contribution in [1.29, 1.82) is 0 Å². The van der Waals surface area contributed by atoms with Crippen LogP contribution in [0.4, 0.5) is 0 Å². The summed E-state index contributed by atoms with van der Waals surface area (Å²) in [6.07, 6.45) is 0. The molecule has 1 saturated heterocycles. The molecule has 0 saturated carbocycles. The van der Waals surface area contributed by atoms with Crippen molar-refractivity contribution in [3.05, 3.63) is 63.1 Å². The molecule has 1 heterocycles. The fraction of sp³-hybridized carbons (Fsp3) is 0.368. The highest BCUT2D eigenvalue weighted by Gasteiger charge is 2.30. The number of aryl methyl sites for hydroxylation is 2. The molecule has 0 aromatic heterocycles. The second-order valence-electron chi connectivity index (χ2n) is 6.70. The minimum atomic E-state index is -3.62. The molecule has 1 fully saturated rings. The van der Waals surface area contributed by atoms with E-state index < -0.39 is 10.0 Å². The van der Waals surface area contributed by atoms with Gasteiger partial charge < -0.3 is 0 Å². The molecule has 1 aliphatic rings. The molecule has 0 radical (unpaired) electrons. The van der Waals surface area contributed by atoms with Gasteiger partial charge in [-0.25, -0.2) is 8.42 Å². The molecule has 0 atom stereocenters. The SMILES string of the molecule is Cc1cccc(CN2CCN(S(=O)(=O)c3cc(C)c(Cl)cc3Cl)CC2)c1. The minimum Gasteiger partial charge on any atom is -0.296 e. The zero-order valence-corrected chi connectivity index (χ0v) is 17.2. The Morgan fingerprint density at radius 3 is 2.31 bits per heavy atom. The third-order valence-corrected chi connectivity index (χ3v) is 7.42. The first-order valence-corrected chi connectivity index (χ1v) is 10.7. The Labute approximate surface area is 165 Å². The van der Waals surface area contributed by atoms with Gasteiger partial charge in [-0.15, -0.1) is 0 Å². The summed E-state index contributed by atoms with van der Waals surface area (Å²) in [6, 6.07) is 11.5. The molecule has 3 rings (SSSR count). The third-order valence-electron chi connectivity index (χ3n) is 4.65. The van der Waals surface area contributed by atoms with Crippen LogP contribution in [0.15, 0.2) is 41.3 Å². The van der Waals surface area contributed by atoms with Gasteiger partial charge in [-0.2, -0.15) is 4.31 Å². The van der Waals surface area contributed by atoms with Crippen molar-refractivity contribution in [2.45, 2.75) is 25.3 Å². The number of piperazine rings is 1. The summed E-state index contributed by atoms with van der Waals surface area (Å²) in [5.74, 6) is 0. The summed E-state index contributed by atoms with van der Waals surface area (Å²) in [7, 11) is -3.62. The highest BCUT2D eigenvalue weighted by molar-refractivity contribution is 7.89. The summed E-state index contributed by atoms with van der Waals surface area (Å²) >= 11 is 12.2. The summed E-state index contributed by atoms with van der Waals surface area (Å²) in [5, 5.41) is 0.639. The number of hydrogen-bond acceptors (Lipinski definition) is 3. The predicted molar refractivity (Wildman–Crippen MR) is 106 cm³/mol. The zero-order chi connectivity index (χ0) is 18.9. The van der Waals surface area contributed by atoms with E-state index in [1.807, 2.05) is 0 Å². The molecule has 2 aromatic rings. The van der Waals surface area contributed by atoms with Crippen molar-refractivity contribution in [3.8, 4) is 0 Å².